The van der Waals surface area contributed by atoms with E-state index in [2.05, 4.69) is 27.5 Å². The quantitative estimate of drug-likeness (QED) is 0.323. The van der Waals surface area contributed by atoms with Crippen molar-refractivity contribution in [3.05, 3.63) is 61.8 Å². The summed E-state index contributed by atoms with van der Waals surface area (Å²) in [4.78, 5) is 46.6. The van der Waals surface area contributed by atoms with Crippen molar-refractivity contribution < 1.29 is 19.5 Å². The molecule has 2 amide bonds. The Bertz CT molecular complexity index is 1370. The van der Waals surface area contributed by atoms with Crippen LogP contribution in [0.4, 0.5) is 10.8 Å². The molecule has 3 aromatic rings. The number of hydrogen-bond acceptors (Lipinski definition) is 6. The van der Waals surface area contributed by atoms with Crippen LogP contribution in [0.15, 0.2) is 24.3 Å². The highest BCUT2D eigenvalue weighted by molar-refractivity contribution is 7.17. The molecule has 1 aliphatic carbocycles. The topological polar surface area (TPSA) is 127 Å². The Morgan fingerprint density at radius 2 is 1.84 bits per heavy atom. The Hall–Kier alpha value is -3.08. The first kappa shape index (κ1) is 25.6. The number of nitrogens with one attached hydrogen (secondary N) is 3. The van der Waals surface area contributed by atoms with Crippen molar-refractivity contribution in [2.45, 2.75) is 32.7 Å². The normalized spacial score (nSPS) is 20.0. The van der Waals surface area contributed by atoms with Gasteiger partial charge in [-0.3, -0.25) is 9.59 Å². The van der Waals surface area contributed by atoms with E-state index in [9.17, 15) is 19.5 Å². The van der Waals surface area contributed by atoms with E-state index in [4.69, 9.17) is 23.2 Å². The number of rotatable bonds is 8. The number of nitrogens with zero attached hydrogens (tertiary/aromatic N) is 2. The first-order valence-electron chi connectivity index (χ1n) is 11.9. The van der Waals surface area contributed by atoms with E-state index >= 15 is 0 Å². The molecule has 2 fully saturated rings. The van der Waals surface area contributed by atoms with Gasteiger partial charge in [0, 0.05) is 42.3 Å². The summed E-state index contributed by atoms with van der Waals surface area (Å²) in [6.07, 6.45) is 0.769. The molecule has 0 spiro atoms. The Morgan fingerprint density at radius 3 is 2.41 bits per heavy atom. The van der Waals surface area contributed by atoms with Gasteiger partial charge in [0.15, 0.2) is 5.13 Å². The van der Waals surface area contributed by atoms with Crippen molar-refractivity contribution in [3.8, 4) is 0 Å². The largest absolute Gasteiger partial charge is 0.477 e. The predicted molar refractivity (Wildman–Crippen MR) is 143 cm³/mol. The van der Waals surface area contributed by atoms with Gasteiger partial charge in [-0.1, -0.05) is 53.6 Å². The number of aromatic carboxylic acids is 1. The summed E-state index contributed by atoms with van der Waals surface area (Å²) in [6, 6.07) is 7.54. The van der Waals surface area contributed by atoms with Crippen LogP contribution in [-0.2, 0) is 17.6 Å². The SMILES string of the molecule is CCc1ccc(NC(=O)Cc2nc(N3C[C@@H]4[C@H](C3)[C@H]4NC(=O)c3[nH]c(C)c(Cl)c3Cl)sc2C(=O)O)cc1. The predicted octanol–water partition coefficient (Wildman–Crippen LogP) is 4.39. The number of carboxylic acid groups (broad SMARTS) is 1. The average Bonchev–Trinajstić information content (AvgIpc) is 3.22. The summed E-state index contributed by atoms with van der Waals surface area (Å²) < 4.78 is 0. The van der Waals surface area contributed by atoms with Crippen LogP contribution in [0, 0.1) is 18.8 Å². The minimum atomic E-state index is -1.11. The van der Waals surface area contributed by atoms with E-state index in [1.54, 1.807) is 6.92 Å². The van der Waals surface area contributed by atoms with Crippen molar-refractivity contribution in [1.29, 1.82) is 0 Å². The zero-order valence-electron chi connectivity index (χ0n) is 20.1. The summed E-state index contributed by atoms with van der Waals surface area (Å²) in [6.45, 7) is 5.07. The summed E-state index contributed by atoms with van der Waals surface area (Å²) in [7, 11) is 0. The molecule has 3 atom stereocenters. The molecule has 194 valence electrons. The second-order valence-corrected chi connectivity index (χ2v) is 11.1. The van der Waals surface area contributed by atoms with E-state index in [1.165, 1.54) is 0 Å². The molecule has 0 unspecified atom stereocenters. The van der Waals surface area contributed by atoms with Crippen LogP contribution >= 0.6 is 34.5 Å². The highest BCUT2D eigenvalue weighted by Gasteiger charge is 2.57. The summed E-state index contributed by atoms with van der Waals surface area (Å²) in [5.41, 5.74) is 2.94. The molecule has 1 aromatic carbocycles. The number of aromatic nitrogens is 2. The van der Waals surface area contributed by atoms with Crippen LogP contribution < -0.4 is 15.5 Å². The van der Waals surface area contributed by atoms with Crippen molar-refractivity contribution in [1.82, 2.24) is 15.3 Å². The summed E-state index contributed by atoms with van der Waals surface area (Å²) >= 11 is 13.3. The Labute approximate surface area is 227 Å². The maximum absolute atomic E-state index is 12.6. The van der Waals surface area contributed by atoms with Crippen LogP contribution in [0.1, 0.15) is 44.0 Å². The van der Waals surface area contributed by atoms with Crippen molar-refractivity contribution in [2.24, 2.45) is 11.8 Å². The number of anilines is 2. The lowest BCUT2D eigenvalue weighted by Gasteiger charge is -2.19. The van der Waals surface area contributed by atoms with Gasteiger partial charge in [0.1, 0.15) is 10.6 Å². The number of benzene rings is 1. The number of aromatic amines is 1. The molecular weight excluding hydrogens is 537 g/mol. The minimum Gasteiger partial charge on any atom is -0.477 e. The number of aryl methyl sites for hydroxylation is 2. The fourth-order valence-electron chi connectivity index (χ4n) is 4.79. The fourth-order valence-corrected chi connectivity index (χ4v) is 6.15. The van der Waals surface area contributed by atoms with Gasteiger partial charge in [0.25, 0.3) is 5.91 Å². The van der Waals surface area contributed by atoms with Gasteiger partial charge in [-0.05, 0) is 31.0 Å². The first-order chi connectivity index (χ1) is 17.7. The molecule has 3 heterocycles. The molecule has 1 saturated heterocycles. The number of piperidine rings is 1. The third kappa shape index (κ3) is 5.05. The lowest BCUT2D eigenvalue weighted by Crippen LogP contribution is -2.34. The van der Waals surface area contributed by atoms with E-state index in [0.717, 1.165) is 23.3 Å². The first-order valence-corrected chi connectivity index (χ1v) is 13.4. The third-order valence-electron chi connectivity index (χ3n) is 6.90. The van der Waals surface area contributed by atoms with Gasteiger partial charge in [-0.25, -0.2) is 9.78 Å². The average molecular weight is 562 g/mol. The molecule has 0 radical (unpaired) electrons. The highest BCUT2D eigenvalue weighted by Crippen LogP contribution is 2.48. The maximum Gasteiger partial charge on any atom is 0.347 e. The zero-order valence-corrected chi connectivity index (χ0v) is 22.4. The monoisotopic (exact) mass is 561 g/mol. The van der Waals surface area contributed by atoms with Crippen LogP contribution in [0.25, 0.3) is 0 Å². The highest BCUT2D eigenvalue weighted by atomic mass is 35.5. The number of hydrogen-bond donors (Lipinski definition) is 4. The standard InChI is InChI=1S/C25H25Cl2N5O4S/c1-3-12-4-6-13(7-5-12)29-17(33)8-16-22(24(35)36)37-25(30-16)32-9-14-15(10-32)20(14)31-23(34)21-19(27)18(26)11(2)28-21/h4-7,14-15,20,28H,3,8-10H2,1-2H3,(H,29,33)(H,31,34)(H,35,36)/t14-,15+,20+. The van der Waals surface area contributed by atoms with Gasteiger partial charge in [0.2, 0.25) is 5.91 Å². The summed E-state index contributed by atoms with van der Waals surface area (Å²) in [5.74, 6) is -1.28. The number of amides is 2. The fraction of sp³-hybridized carbons (Fsp3) is 0.360. The Kier molecular flexibility index (Phi) is 6.91. The number of carbonyl (C=O) groups excluding carboxylic acids is 2. The number of thiazole rings is 1. The Balaban J connectivity index is 1.20. The maximum atomic E-state index is 12.6. The van der Waals surface area contributed by atoms with Gasteiger partial charge >= 0.3 is 5.97 Å². The molecule has 0 bridgehead atoms. The van der Waals surface area contributed by atoms with E-state index in [1.807, 2.05) is 29.2 Å². The van der Waals surface area contributed by atoms with Crippen LogP contribution in [0.2, 0.25) is 10.0 Å². The lowest BCUT2D eigenvalue weighted by atomic mass is 10.1. The van der Waals surface area contributed by atoms with Gasteiger partial charge in [-0.2, -0.15) is 0 Å². The van der Waals surface area contributed by atoms with Crippen LogP contribution in [0.3, 0.4) is 0 Å². The van der Waals surface area contributed by atoms with Gasteiger partial charge < -0.3 is 25.6 Å². The molecule has 9 nitrogen and oxygen atoms in total. The smallest absolute Gasteiger partial charge is 0.347 e. The number of fused-ring (bicyclic) bond motifs is 1. The Morgan fingerprint density at radius 1 is 1.16 bits per heavy atom. The van der Waals surface area contributed by atoms with Crippen LogP contribution in [0.5, 0.6) is 0 Å². The van der Waals surface area contributed by atoms with Crippen molar-refractivity contribution >= 4 is 63.1 Å². The number of carbonyl (C=O) groups is 3. The van der Waals surface area contributed by atoms with Crippen molar-refractivity contribution in [3.63, 3.8) is 0 Å². The second kappa shape index (κ2) is 10.00. The third-order valence-corrected chi connectivity index (χ3v) is 8.99. The van der Waals surface area contributed by atoms with E-state index < -0.39 is 5.97 Å². The molecule has 1 saturated carbocycles. The number of halogens is 2. The lowest BCUT2D eigenvalue weighted by molar-refractivity contribution is -0.115. The molecule has 2 aromatic heterocycles. The molecule has 4 N–H and O–H groups in total. The summed E-state index contributed by atoms with van der Waals surface area (Å²) in [5, 5.41) is 16.6. The van der Waals surface area contributed by atoms with Gasteiger partial charge in [0.05, 0.1) is 22.2 Å². The van der Waals surface area contributed by atoms with E-state index in [-0.39, 0.29) is 57.4 Å². The van der Waals surface area contributed by atoms with Crippen molar-refractivity contribution in [2.75, 3.05) is 23.3 Å². The molecule has 5 rings (SSSR count). The molecule has 37 heavy (non-hydrogen) atoms. The number of H-pyrrole nitrogens is 1. The van der Waals surface area contributed by atoms with Gasteiger partial charge in [-0.15, -0.1) is 0 Å². The molecule has 2 aliphatic rings. The second-order valence-electron chi connectivity index (χ2n) is 9.34. The van der Waals surface area contributed by atoms with E-state index in [0.29, 0.717) is 34.6 Å². The molecule has 1 aliphatic heterocycles. The number of carboxylic acids is 1. The van der Waals surface area contributed by atoms with Crippen LogP contribution in [-0.4, -0.2) is 52.0 Å². The molecular formula is C25H25Cl2N5O4S. The molecule has 12 heteroatoms. The minimum absolute atomic E-state index is 0.00505. The zero-order chi connectivity index (χ0) is 26.4.